The molecule has 5 rings (SSSR count). The van der Waals surface area contributed by atoms with Gasteiger partial charge in [-0.1, -0.05) is 6.07 Å². The molecule has 1 unspecified atom stereocenters. The molecule has 1 aromatic carbocycles. The first-order valence-electron chi connectivity index (χ1n) is 8.62. The van der Waals surface area contributed by atoms with Gasteiger partial charge in [-0.15, -0.1) is 0 Å². The van der Waals surface area contributed by atoms with Crippen molar-refractivity contribution in [1.29, 1.82) is 0 Å². The van der Waals surface area contributed by atoms with Gasteiger partial charge in [0.15, 0.2) is 5.65 Å². The highest BCUT2D eigenvalue weighted by molar-refractivity contribution is 5.77. The van der Waals surface area contributed by atoms with Crippen LogP contribution >= 0.6 is 0 Å². The number of imidazole rings is 2. The number of H-pyrrole nitrogens is 1. The minimum absolute atomic E-state index is 0.283. The number of halogens is 1. The van der Waals surface area contributed by atoms with E-state index in [1.807, 2.05) is 19.1 Å². The van der Waals surface area contributed by atoms with Gasteiger partial charge in [0.25, 0.3) is 0 Å². The molecule has 0 bridgehead atoms. The normalized spacial score (nSPS) is 12.6. The van der Waals surface area contributed by atoms with Crippen LogP contribution in [-0.2, 0) is 0 Å². The monoisotopic (exact) mass is 375 g/mol. The van der Waals surface area contributed by atoms with Crippen molar-refractivity contribution in [1.82, 2.24) is 34.1 Å². The van der Waals surface area contributed by atoms with E-state index in [1.165, 1.54) is 24.7 Å². The average molecular weight is 375 g/mol. The molecular formula is C19H14FN7O. The summed E-state index contributed by atoms with van der Waals surface area (Å²) in [4.78, 5) is 32.6. The Balaban J connectivity index is 1.71. The molecule has 0 fully saturated rings. The maximum Gasteiger partial charge on any atom is 0.328 e. The second kappa shape index (κ2) is 6.08. The van der Waals surface area contributed by atoms with Crippen LogP contribution in [0.3, 0.4) is 0 Å². The van der Waals surface area contributed by atoms with Crippen LogP contribution < -0.4 is 5.69 Å². The summed E-state index contributed by atoms with van der Waals surface area (Å²) >= 11 is 0. The lowest BCUT2D eigenvalue weighted by Gasteiger charge is -2.13. The predicted octanol–water partition coefficient (Wildman–Crippen LogP) is 2.60. The topological polar surface area (TPSA) is 94.3 Å². The van der Waals surface area contributed by atoms with Crippen molar-refractivity contribution in [3.8, 4) is 5.95 Å². The van der Waals surface area contributed by atoms with Crippen molar-refractivity contribution in [2.24, 2.45) is 0 Å². The van der Waals surface area contributed by atoms with Gasteiger partial charge in [0.2, 0.25) is 5.95 Å². The van der Waals surface area contributed by atoms with Gasteiger partial charge in [0, 0.05) is 18.5 Å². The highest BCUT2D eigenvalue weighted by atomic mass is 19.1. The fraction of sp³-hybridized carbons (Fsp3) is 0.105. The third-order valence-electron chi connectivity index (χ3n) is 4.72. The van der Waals surface area contributed by atoms with E-state index in [4.69, 9.17) is 0 Å². The molecule has 0 saturated heterocycles. The van der Waals surface area contributed by atoms with Gasteiger partial charge in [-0.2, -0.15) is 4.98 Å². The molecular weight excluding hydrogens is 361 g/mol. The first-order chi connectivity index (χ1) is 13.6. The second-order valence-corrected chi connectivity index (χ2v) is 6.42. The summed E-state index contributed by atoms with van der Waals surface area (Å²) in [5.41, 5.74) is 2.72. The first-order valence-corrected chi connectivity index (χ1v) is 8.62. The molecule has 1 atom stereocenters. The van der Waals surface area contributed by atoms with E-state index in [1.54, 1.807) is 27.6 Å². The number of aromatic amines is 1. The molecule has 28 heavy (non-hydrogen) atoms. The Bertz CT molecular complexity index is 1370. The van der Waals surface area contributed by atoms with Gasteiger partial charge in [-0.05, 0) is 30.7 Å². The zero-order valence-electron chi connectivity index (χ0n) is 14.7. The molecule has 138 valence electrons. The largest absolute Gasteiger partial charge is 0.328 e. The van der Waals surface area contributed by atoms with Crippen LogP contribution in [0, 0.1) is 5.82 Å². The summed E-state index contributed by atoms with van der Waals surface area (Å²) in [5, 5.41) is 0. The zero-order chi connectivity index (χ0) is 19.3. The van der Waals surface area contributed by atoms with Crippen molar-refractivity contribution in [2.45, 2.75) is 13.0 Å². The maximum atomic E-state index is 13.7. The van der Waals surface area contributed by atoms with Crippen LogP contribution in [-0.4, -0.2) is 34.1 Å². The Morgan fingerprint density at radius 3 is 2.89 bits per heavy atom. The van der Waals surface area contributed by atoms with Crippen LogP contribution in [0.1, 0.15) is 18.5 Å². The molecule has 4 heterocycles. The Morgan fingerprint density at radius 2 is 2.07 bits per heavy atom. The summed E-state index contributed by atoms with van der Waals surface area (Å²) in [6, 6.07) is 7.75. The van der Waals surface area contributed by atoms with E-state index in [0.717, 1.165) is 5.56 Å². The van der Waals surface area contributed by atoms with Crippen molar-refractivity contribution in [3.05, 3.63) is 77.1 Å². The summed E-state index contributed by atoms with van der Waals surface area (Å²) in [6.07, 6.45) is 6.46. The number of hydrogen-bond acceptors (Lipinski definition) is 5. The number of nitrogens with one attached hydrogen (secondary N) is 1. The van der Waals surface area contributed by atoms with Gasteiger partial charge in [0.1, 0.15) is 17.7 Å². The third-order valence-corrected chi connectivity index (χ3v) is 4.72. The summed E-state index contributed by atoms with van der Waals surface area (Å²) in [5.74, 6) is -0.0779. The van der Waals surface area contributed by atoms with E-state index in [0.29, 0.717) is 28.1 Å². The smallest absolute Gasteiger partial charge is 0.303 e. The molecule has 0 aliphatic carbocycles. The fourth-order valence-corrected chi connectivity index (χ4v) is 3.30. The quantitative estimate of drug-likeness (QED) is 0.523. The number of pyridine rings is 1. The predicted molar refractivity (Wildman–Crippen MR) is 101 cm³/mol. The fourth-order valence-electron chi connectivity index (χ4n) is 3.30. The summed E-state index contributed by atoms with van der Waals surface area (Å²) in [7, 11) is 0. The van der Waals surface area contributed by atoms with Crippen LogP contribution in [0.25, 0.3) is 28.1 Å². The highest BCUT2D eigenvalue weighted by Crippen LogP contribution is 2.21. The van der Waals surface area contributed by atoms with Crippen molar-refractivity contribution in [2.75, 3.05) is 0 Å². The van der Waals surface area contributed by atoms with E-state index < -0.39 is 0 Å². The van der Waals surface area contributed by atoms with E-state index in [9.17, 15) is 9.18 Å². The third kappa shape index (κ3) is 2.48. The Kier molecular flexibility index (Phi) is 3.54. The average Bonchev–Trinajstić information content (AvgIpc) is 3.27. The summed E-state index contributed by atoms with van der Waals surface area (Å²) < 4.78 is 16.8. The minimum atomic E-state index is -0.376. The first kappa shape index (κ1) is 16.3. The number of aromatic nitrogens is 7. The van der Waals surface area contributed by atoms with Crippen molar-refractivity contribution in [3.63, 3.8) is 0 Å². The van der Waals surface area contributed by atoms with Crippen LogP contribution in [0.5, 0.6) is 0 Å². The minimum Gasteiger partial charge on any atom is -0.303 e. The molecule has 4 aromatic heterocycles. The van der Waals surface area contributed by atoms with Gasteiger partial charge >= 0.3 is 5.69 Å². The molecule has 9 heteroatoms. The lowest BCUT2D eigenvalue weighted by atomic mass is 10.1. The Labute approximate surface area is 157 Å². The standard InChI is InChI=1S/C19H14FN7O/c1-11(12-3-2-6-21-8-12)27-17-15(24-19(27)28)9-22-18(25-17)26-10-23-14-5-4-13(20)7-16(14)26/h2-11H,1H3,(H,24,28). The SMILES string of the molecule is CC(c1cccnc1)n1c(=O)[nH]c2cnc(-n3cnc4ccc(F)cc43)nc21. The molecule has 5 aromatic rings. The second-order valence-electron chi connectivity index (χ2n) is 6.42. The van der Waals surface area contributed by atoms with Gasteiger partial charge < -0.3 is 4.98 Å². The van der Waals surface area contributed by atoms with E-state index in [-0.39, 0.29) is 17.5 Å². The molecule has 1 N–H and O–H groups in total. The number of nitrogens with zero attached hydrogens (tertiary/aromatic N) is 6. The zero-order valence-corrected chi connectivity index (χ0v) is 14.7. The van der Waals surface area contributed by atoms with Crippen LogP contribution in [0.2, 0.25) is 0 Å². The van der Waals surface area contributed by atoms with Gasteiger partial charge in [-0.3, -0.25) is 14.1 Å². The van der Waals surface area contributed by atoms with Crippen molar-refractivity contribution >= 4 is 22.2 Å². The van der Waals surface area contributed by atoms with Crippen LogP contribution in [0.15, 0.2) is 60.0 Å². The lowest BCUT2D eigenvalue weighted by molar-refractivity contribution is 0.627. The lowest BCUT2D eigenvalue weighted by Crippen LogP contribution is -2.21. The van der Waals surface area contributed by atoms with Crippen molar-refractivity contribution < 1.29 is 4.39 Å². The molecule has 0 spiro atoms. The van der Waals surface area contributed by atoms with Crippen LogP contribution in [0.4, 0.5) is 4.39 Å². The number of fused-ring (bicyclic) bond motifs is 2. The highest BCUT2D eigenvalue weighted by Gasteiger charge is 2.18. The number of hydrogen-bond donors (Lipinski definition) is 1. The molecule has 0 saturated carbocycles. The molecule has 0 radical (unpaired) electrons. The van der Waals surface area contributed by atoms with E-state index in [2.05, 4.69) is 24.9 Å². The molecule has 0 aliphatic rings. The molecule has 0 amide bonds. The number of benzene rings is 1. The molecule has 0 aliphatic heterocycles. The Morgan fingerprint density at radius 1 is 1.18 bits per heavy atom. The van der Waals surface area contributed by atoms with Gasteiger partial charge in [0.05, 0.1) is 23.3 Å². The number of rotatable bonds is 3. The maximum absolute atomic E-state index is 13.7. The van der Waals surface area contributed by atoms with Gasteiger partial charge in [-0.25, -0.2) is 19.2 Å². The van der Waals surface area contributed by atoms with E-state index >= 15 is 0 Å². The summed E-state index contributed by atoms with van der Waals surface area (Å²) in [6.45, 7) is 1.90. The molecule has 8 nitrogen and oxygen atoms in total. The Hall–Kier alpha value is -3.88.